The molecule has 1 aliphatic carbocycles. The quantitative estimate of drug-likeness (QED) is 0.679. The van der Waals surface area contributed by atoms with Crippen molar-refractivity contribution < 1.29 is 4.79 Å². The lowest BCUT2D eigenvalue weighted by Crippen LogP contribution is -2.30. The number of ketones is 1. The molecule has 4 rings (SSSR count). The molecule has 2 aliphatic heterocycles. The molecule has 0 radical (unpaired) electrons. The number of carbonyl (C=O) groups excluding carboxylic acids is 1. The zero-order valence-corrected chi connectivity index (χ0v) is 14.6. The lowest BCUT2D eigenvalue weighted by Gasteiger charge is -2.22. The van der Waals surface area contributed by atoms with E-state index < -0.39 is 0 Å². The molecule has 2 heterocycles. The van der Waals surface area contributed by atoms with E-state index >= 15 is 0 Å². The maximum absolute atomic E-state index is 12.7. The van der Waals surface area contributed by atoms with Gasteiger partial charge in [-0.15, -0.1) is 0 Å². The molecule has 126 valence electrons. The molecule has 3 aliphatic rings. The largest absolute Gasteiger partial charge is 0.302 e. The van der Waals surface area contributed by atoms with Gasteiger partial charge in [0.25, 0.3) is 0 Å². The molecule has 1 aromatic carbocycles. The lowest BCUT2D eigenvalue weighted by molar-refractivity contribution is 0.0960. The standard InChI is InChI=1S/C21H31NO/c1-2-3-6-19-7-4-5-8-20(19)21(23)13-14-22-15-17-9-10-18(16-22)12-11-17/h4-5,7-8,17-18H,2-3,6,9-16H2,1H3. The second kappa shape index (κ2) is 8.10. The SMILES string of the molecule is CCCCc1ccccc1C(=O)CCN1CC2CCC(CC2)C1. The minimum atomic E-state index is 0.341. The van der Waals surface area contributed by atoms with Crippen LogP contribution in [-0.4, -0.2) is 30.3 Å². The van der Waals surface area contributed by atoms with Gasteiger partial charge >= 0.3 is 0 Å². The van der Waals surface area contributed by atoms with E-state index in [1.165, 1.54) is 57.2 Å². The van der Waals surface area contributed by atoms with E-state index in [0.717, 1.165) is 30.4 Å². The van der Waals surface area contributed by atoms with E-state index in [2.05, 4.69) is 24.0 Å². The third-order valence-corrected chi connectivity index (χ3v) is 5.77. The highest BCUT2D eigenvalue weighted by molar-refractivity contribution is 5.97. The number of hydrogen-bond donors (Lipinski definition) is 0. The van der Waals surface area contributed by atoms with Crippen LogP contribution in [0.1, 0.15) is 67.8 Å². The zero-order chi connectivity index (χ0) is 16.1. The van der Waals surface area contributed by atoms with Gasteiger partial charge in [0, 0.05) is 31.6 Å². The summed E-state index contributed by atoms with van der Waals surface area (Å²) in [5.74, 6) is 2.12. The highest BCUT2D eigenvalue weighted by atomic mass is 16.1. The smallest absolute Gasteiger partial charge is 0.164 e. The van der Waals surface area contributed by atoms with Crippen LogP contribution in [0.3, 0.4) is 0 Å². The summed E-state index contributed by atoms with van der Waals surface area (Å²) in [5, 5.41) is 0. The van der Waals surface area contributed by atoms with E-state index in [4.69, 9.17) is 0 Å². The van der Waals surface area contributed by atoms with Crippen molar-refractivity contribution in [3.63, 3.8) is 0 Å². The Kier molecular flexibility index (Phi) is 5.88. The Morgan fingerprint density at radius 3 is 2.39 bits per heavy atom. The molecule has 1 saturated carbocycles. The van der Waals surface area contributed by atoms with Crippen LogP contribution in [0, 0.1) is 11.8 Å². The number of unbranched alkanes of at least 4 members (excludes halogenated alkanes) is 1. The van der Waals surface area contributed by atoms with Crippen molar-refractivity contribution in [2.24, 2.45) is 11.8 Å². The molecule has 0 N–H and O–H groups in total. The normalized spacial score (nSPS) is 24.6. The summed E-state index contributed by atoms with van der Waals surface area (Å²) in [6.07, 6.45) is 9.71. The maximum atomic E-state index is 12.7. The molecule has 1 aromatic rings. The number of benzene rings is 1. The van der Waals surface area contributed by atoms with Crippen molar-refractivity contribution in [1.29, 1.82) is 0 Å². The van der Waals surface area contributed by atoms with Crippen LogP contribution >= 0.6 is 0 Å². The summed E-state index contributed by atoms with van der Waals surface area (Å²) in [6, 6.07) is 8.23. The summed E-state index contributed by atoms with van der Waals surface area (Å²) < 4.78 is 0. The van der Waals surface area contributed by atoms with Crippen molar-refractivity contribution in [1.82, 2.24) is 4.90 Å². The van der Waals surface area contributed by atoms with Gasteiger partial charge in [-0.05, 0) is 55.9 Å². The lowest BCUT2D eigenvalue weighted by atomic mass is 9.84. The van der Waals surface area contributed by atoms with Gasteiger partial charge in [0.2, 0.25) is 0 Å². The molecule has 23 heavy (non-hydrogen) atoms. The van der Waals surface area contributed by atoms with E-state index in [1.54, 1.807) is 0 Å². The van der Waals surface area contributed by atoms with Crippen molar-refractivity contribution in [3.8, 4) is 0 Å². The van der Waals surface area contributed by atoms with Gasteiger partial charge < -0.3 is 4.90 Å². The first kappa shape index (κ1) is 16.7. The fourth-order valence-corrected chi connectivity index (χ4v) is 4.36. The van der Waals surface area contributed by atoms with E-state index in [1.807, 2.05) is 12.1 Å². The summed E-state index contributed by atoms with van der Waals surface area (Å²) in [4.78, 5) is 15.3. The molecule has 2 heteroatoms. The maximum Gasteiger partial charge on any atom is 0.164 e. The molecule has 0 atom stereocenters. The molecule has 2 saturated heterocycles. The molecule has 0 amide bonds. The highest BCUT2D eigenvalue weighted by Gasteiger charge is 2.29. The molecular formula is C21H31NO. The van der Waals surface area contributed by atoms with Gasteiger partial charge in [0.1, 0.15) is 0 Å². The van der Waals surface area contributed by atoms with Crippen molar-refractivity contribution in [3.05, 3.63) is 35.4 Å². The van der Waals surface area contributed by atoms with Gasteiger partial charge in [-0.1, -0.05) is 37.6 Å². The molecular weight excluding hydrogens is 282 g/mol. The Morgan fingerprint density at radius 2 is 1.74 bits per heavy atom. The Bertz CT molecular complexity index is 502. The summed E-state index contributed by atoms with van der Waals surface area (Å²) >= 11 is 0. The van der Waals surface area contributed by atoms with Crippen LogP contribution in [0.4, 0.5) is 0 Å². The minimum absolute atomic E-state index is 0.341. The number of carbonyl (C=O) groups is 1. The Morgan fingerprint density at radius 1 is 1.09 bits per heavy atom. The van der Waals surface area contributed by atoms with Crippen LogP contribution in [0.25, 0.3) is 0 Å². The summed E-state index contributed by atoms with van der Waals surface area (Å²) in [7, 11) is 0. The fourth-order valence-electron chi connectivity index (χ4n) is 4.36. The first-order valence-corrected chi connectivity index (χ1v) is 9.59. The molecule has 0 unspecified atom stereocenters. The van der Waals surface area contributed by atoms with Crippen molar-refractivity contribution >= 4 is 5.78 Å². The molecule has 0 aromatic heterocycles. The Balaban J connectivity index is 1.57. The molecule has 2 bridgehead atoms. The van der Waals surface area contributed by atoms with Gasteiger partial charge in [0.05, 0.1) is 0 Å². The Hall–Kier alpha value is -1.15. The number of fused-ring (bicyclic) bond motifs is 4. The Labute approximate surface area is 141 Å². The van der Waals surface area contributed by atoms with Crippen molar-refractivity contribution in [2.45, 2.75) is 58.3 Å². The van der Waals surface area contributed by atoms with Gasteiger partial charge in [-0.25, -0.2) is 0 Å². The van der Waals surface area contributed by atoms with Crippen LogP contribution < -0.4 is 0 Å². The topological polar surface area (TPSA) is 20.3 Å². The van der Waals surface area contributed by atoms with Crippen LogP contribution in [0.2, 0.25) is 0 Å². The van der Waals surface area contributed by atoms with Crippen LogP contribution in [0.5, 0.6) is 0 Å². The van der Waals surface area contributed by atoms with E-state index in [0.29, 0.717) is 12.2 Å². The number of nitrogens with zero attached hydrogens (tertiary/aromatic N) is 1. The van der Waals surface area contributed by atoms with Gasteiger partial charge in [-0.2, -0.15) is 0 Å². The molecule has 2 nitrogen and oxygen atoms in total. The number of rotatable bonds is 7. The third kappa shape index (κ3) is 4.44. The van der Waals surface area contributed by atoms with Gasteiger partial charge in [-0.3, -0.25) is 4.79 Å². The van der Waals surface area contributed by atoms with Crippen molar-refractivity contribution in [2.75, 3.05) is 19.6 Å². The van der Waals surface area contributed by atoms with Crippen LogP contribution in [0.15, 0.2) is 24.3 Å². The molecule has 0 spiro atoms. The summed E-state index contributed by atoms with van der Waals surface area (Å²) in [5.41, 5.74) is 2.22. The first-order chi connectivity index (χ1) is 11.3. The predicted octanol–water partition coefficient (Wildman–Crippen LogP) is 4.72. The average Bonchev–Trinajstić information content (AvgIpc) is 2.91. The monoisotopic (exact) mass is 313 g/mol. The number of Topliss-reactive ketones (excluding diaryl/α,β-unsaturated/α-hetero) is 1. The third-order valence-electron chi connectivity index (χ3n) is 5.77. The van der Waals surface area contributed by atoms with Crippen LogP contribution in [-0.2, 0) is 6.42 Å². The predicted molar refractivity (Wildman–Crippen MR) is 95.9 cm³/mol. The molecule has 3 fully saturated rings. The number of hydrogen-bond acceptors (Lipinski definition) is 2. The zero-order valence-electron chi connectivity index (χ0n) is 14.6. The fraction of sp³-hybridized carbons (Fsp3) is 0.667. The second-order valence-corrected chi connectivity index (χ2v) is 7.58. The van der Waals surface area contributed by atoms with E-state index in [-0.39, 0.29) is 0 Å². The first-order valence-electron chi connectivity index (χ1n) is 9.59. The number of aryl methyl sites for hydroxylation is 1. The highest BCUT2D eigenvalue weighted by Crippen LogP contribution is 2.33. The average molecular weight is 313 g/mol. The minimum Gasteiger partial charge on any atom is -0.302 e. The van der Waals surface area contributed by atoms with Gasteiger partial charge in [0.15, 0.2) is 5.78 Å². The second-order valence-electron chi connectivity index (χ2n) is 7.58. The van der Waals surface area contributed by atoms with E-state index in [9.17, 15) is 4.79 Å². The summed E-state index contributed by atoms with van der Waals surface area (Å²) in [6.45, 7) is 5.61.